The molecule has 0 radical (unpaired) electrons. The second-order valence-electron chi connectivity index (χ2n) is 8.32. The summed E-state index contributed by atoms with van der Waals surface area (Å²) in [7, 11) is 0. The Morgan fingerprint density at radius 1 is 1.03 bits per heavy atom. The molecular weight excluding hydrogens is 406 g/mol. The van der Waals surface area contributed by atoms with Gasteiger partial charge in [-0.3, -0.25) is 4.79 Å². The first kappa shape index (κ1) is 21.3. The number of aromatic carboxylic acids is 1. The van der Waals surface area contributed by atoms with E-state index in [4.69, 9.17) is 0 Å². The molecule has 1 fully saturated rings. The van der Waals surface area contributed by atoms with Gasteiger partial charge >= 0.3 is 5.97 Å². The second-order valence-corrected chi connectivity index (χ2v) is 9.37. The molecule has 1 saturated carbocycles. The van der Waals surface area contributed by atoms with Gasteiger partial charge in [0.15, 0.2) is 0 Å². The molecule has 0 unspecified atom stereocenters. The van der Waals surface area contributed by atoms with Crippen molar-refractivity contribution in [2.75, 3.05) is 4.90 Å². The molecule has 4 rings (SSSR count). The van der Waals surface area contributed by atoms with Gasteiger partial charge in [-0.05, 0) is 42.9 Å². The van der Waals surface area contributed by atoms with Gasteiger partial charge in [-0.1, -0.05) is 73.0 Å². The molecule has 160 valence electrons. The smallest absolute Gasteiger partial charge is 0.348 e. The van der Waals surface area contributed by atoms with Crippen LogP contribution in [0.25, 0.3) is 10.4 Å². The lowest BCUT2D eigenvalue weighted by Crippen LogP contribution is -2.32. The predicted octanol–water partition coefficient (Wildman–Crippen LogP) is 6.54. The van der Waals surface area contributed by atoms with Crippen LogP contribution >= 0.6 is 11.3 Å². The van der Waals surface area contributed by atoms with E-state index in [1.54, 1.807) is 4.90 Å². The van der Waals surface area contributed by atoms with Gasteiger partial charge in [0.25, 0.3) is 0 Å². The van der Waals surface area contributed by atoms with E-state index in [2.05, 4.69) is 6.07 Å². The maximum Gasteiger partial charge on any atom is 0.348 e. The number of benzene rings is 2. The van der Waals surface area contributed by atoms with Gasteiger partial charge in [0.05, 0.1) is 12.2 Å². The minimum Gasteiger partial charge on any atom is -0.477 e. The number of nitrogens with zero attached hydrogens (tertiary/aromatic N) is 1. The fourth-order valence-corrected chi connectivity index (χ4v) is 5.36. The number of carboxylic acid groups (broad SMARTS) is 1. The first-order valence-electron chi connectivity index (χ1n) is 10.8. The van der Waals surface area contributed by atoms with Crippen molar-refractivity contribution in [1.29, 1.82) is 0 Å². The number of carbonyl (C=O) groups is 2. The van der Waals surface area contributed by atoms with E-state index in [0.29, 0.717) is 24.6 Å². The summed E-state index contributed by atoms with van der Waals surface area (Å²) in [6.07, 6.45) is 4.98. The van der Waals surface area contributed by atoms with Gasteiger partial charge in [0, 0.05) is 11.3 Å². The molecule has 0 aliphatic heterocycles. The number of amides is 1. The van der Waals surface area contributed by atoms with Crippen LogP contribution in [-0.4, -0.2) is 17.0 Å². The number of carbonyl (C=O) groups excluding carboxylic acids is 1. The van der Waals surface area contributed by atoms with E-state index >= 15 is 0 Å². The molecule has 1 N–H and O–H groups in total. The number of anilines is 1. The number of hydrogen-bond donors (Lipinski definition) is 1. The van der Waals surface area contributed by atoms with Crippen molar-refractivity contribution in [3.63, 3.8) is 0 Å². The molecule has 0 spiro atoms. The summed E-state index contributed by atoms with van der Waals surface area (Å²) >= 11 is 1.23. The Balaban J connectivity index is 1.73. The highest BCUT2D eigenvalue weighted by atomic mass is 32.1. The van der Waals surface area contributed by atoms with Crippen molar-refractivity contribution >= 4 is 28.9 Å². The van der Waals surface area contributed by atoms with Crippen molar-refractivity contribution in [2.24, 2.45) is 5.92 Å². The van der Waals surface area contributed by atoms with Gasteiger partial charge in [0.2, 0.25) is 5.91 Å². The van der Waals surface area contributed by atoms with Crippen LogP contribution in [0.1, 0.15) is 52.9 Å². The molecule has 1 aromatic heterocycles. The van der Waals surface area contributed by atoms with Gasteiger partial charge in [-0.25, -0.2) is 4.79 Å². The van der Waals surface area contributed by atoms with E-state index in [0.717, 1.165) is 34.4 Å². The van der Waals surface area contributed by atoms with Crippen LogP contribution in [0.4, 0.5) is 5.69 Å². The van der Waals surface area contributed by atoms with Gasteiger partial charge in [-0.2, -0.15) is 0 Å². The minimum absolute atomic E-state index is 0.00770. The van der Waals surface area contributed by atoms with Gasteiger partial charge < -0.3 is 10.0 Å². The Bertz CT molecular complexity index is 1070. The Hall–Kier alpha value is -2.92. The van der Waals surface area contributed by atoms with E-state index in [9.17, 15) is 14.7 Å². The zero-order valence-corrected chi connectivity index (χ0v) is 18.5. The molecule has 5 heteroatoms. The quantitative estimate of drug-likeness (QED) is 0.460. The summed E-state index contributed by atoms with van der Waals surface area (Å²) in [5.41, 5.74) is 3.58. The average molecular weight is 434 g/mol. The monoisotopic (exact) mass is 433 g/mol. The molecule has 0 atom stereocenters. The van der Waals surface area contributed by atoms with E-state index in [1.807, 2.05) is 61.5 Å². The second kappa shape index (κ2) is 9.48. The molecule has 0 saturated heterocycles. The number of aryl methyl sites for hydroxylation is 1. The topological polar surface area (TPSA) is 57.6 Å². The SMILES string of the molecule is Cc1cccc(CN(C(=O)CC2CCCC2)c2cc(-c3ccccc3)sc2C(=O)O)c1. The Morgan fingerprint density at radius 3 is 2.45 bits per heavy atom. The molecular formula is C26H27NO3S. The van der Waals surface area contributed by atoms with Crippen LogP contribution in [-0.2, 0) is 11.3 Å². The summed E-state index contributed by atoms with van der Waals surface area (Å²) < 4.78 is 0. The number of thiophene rings is 1. The van der Waals surface area contributed by atoms with Crippen LogP contribution in [0.2, 0.25) is 0 Å². The summed E-state index contributed by atoms with van der Waals surface area (Å²) in [6, 6.07) is 19.7. The largest absolute Gasteiger partial charge is 0.477 e. The summed E-state index contributed by atoms with van der Waals surface area (Å²) in [5, 5.41) is 9.92. The molecule has 4 nitrogen and oxygen atoms in total. The zero-order valence-electron chi connectivity index (χ0n) is 17.7. The van der Waals surface area contributed by atoms with E-state index < -0.39 is 5.97 Å². The Labute approximate surface area is 187 Å². The molecule has 1 heterocycles. The molecule has 0 bridgehead atoms. The van der Waals surface area contributed by atoms with Crippen molar-refractivity contribution in [1.82, 2.24) is 0 Å². The first-order valence-corrected chi connectivity index (χ1v) is 11.6. The number of hydrogen-bond acceptors (Lipinski definition) is 3. The minimum atomic E-state index is -0.995. The summed E-state index contributed by atoms with van der Waals surface area (Å²) in [4.78, 5) is 28.3. The van der Waals surface area contributed by atoms with Crippen LogP contribution in [0.15, 0.2) is 60.7 Å². The van der Waals surface area contributed by atoms with Crippen LogP contribution in [0, 0.1) is 12.8 Å². The van der Waals surface area contributed by atoms with Crippen molar-refractivity contribution in [2.45, 2.75) is 45.6 Å². The molecule has 1 aliphatic carbocycles. The Kier molecular flexibility index (Phi) is 6.52. The third kappa shape index (κ3) is 5.05. The fraction of sp³-hybridized carbons (Fsp3) is 0.308. The fourth-order valence-electron chi connectivity index (χ4n) is 4.35. The lowest BCUT2D eigenvalue weighted by Gasteiger charge is -2.24. The highest BCUT2D eigenvalue weighted by molar-refractivity contribution is 7.18. The van der Waals surface area contributed by atoms with Gasteiger partial charge in [0.1, 0.15) is 4.88 Å². The third-order valence-electron chi connectivity index (χ3n) is 5.92. The van der Waals surface area contributed by atoms with E-state index in [-0.39, 0.29) is 10.8 Å². The maximum atomic E-state index is 13.4. The van der Waals surface area contributed by atoms with Crippen LogP contribution in [0.3, 0.4) is 0 Å². The summed E-state index contributed by atoms with van der Waals surface area (Å²) in [5.74, 6) is -0.591. The van der Waals surface area contributed by atoms with E-state index in [1.165, 1.54) is 24.2 Å². The van der Waals surface area contributed by atoms with Crippen molar-refractivity contribution in [3.8, 4) is 10.4 Å². The van der Waals surface area contributed by atoms with Gasteiger partial charge in [-0.15, -0.1) is 11.3 Å². The van der Waals surface area contributed by atoms with Crippen LogP contribution in [0.5, 0.6) is 0 Å². The Morgan fingerprint density at radius 2 is 1.77 bits per heavy atom. The summed E-state index contributed by atoms with van der Waals surface area (Å²) in [6.45, 7) is 2.40. The standard InChI is InChI=1S/C26H27NO3S/c1-18-8-7-11-20(14-18)17-27(24(28)15-19-9-5-6-10-19)22-16-23(31-25(22)26(29)30)21-12-3-2-4-13-21/h2-4,7-8,11-14,16,19H,5-6,9-10,15,17H2,1H3,(H,29,30). The third-order valence-corrected chi connectivity index (χ3v) is 7.08. The number of rotatable bonds is 7. The van der Waals surface area contributed by atoms with Crippen molar-refractivity contribution in [3.05, 3.63) is 76.7 Å². The normalized spacial score (nSPS) is 14.0. The highest BCUT2D eigenvalue weighted by Gasteiger charge is 2.28. The zero-order chi connectivity index (χ0) is 21.8. The molecule has 1 amide bonds. The maximum absolute atomic E-state index is 13.4. The van der Waals surface area contributed by atoms with Crippen molar-refractivity contribution < 1.29 is 14.7 Å². The molecule has 31 heavy (non-hydrogen) atoms. The predicted molar refractivity (Wildman–Crippen MR) is 126 cm³/mol. The highest BCUT2D eigenvalue weighted by Crippen LogP contribution is 2.38. The average Bonchev–Trinajstić information content (AvgIpc) is 3.43. The number of carboxylic acids is 1. The molecule has 2 aromatic carbocycles. The lowest BCUT2D eigenvalue weighted by atomic mass is 10.0. The molecule has 3 aromatic rings. The first-order chi connectivity index (χ1) is 15.0. The lowest BCUT2D eigenvalue weighted by molar-refractivity contribution is -0.119. The molecule has 1 aliphatic rings. The van der Waals surface area contributed by atoms with Crippen LogP contribution < -0.4 is 4.90 Å².